The van der Waals surface area contributed by atoms with Gasteiger partial charge < -0.3 is 35.1 Å². The number of amides is 1. The Morgan fingerprint density at radius 1 is 0.957 bits per heavy atom. The number of anilines is 2. The fourth-order valence-electron chi connectivity index (χ4n) is 6.92. The van der Waals surface area contributed by atoms with Crippen LogP contribution in [0.15, 0.2) is 67.0 Å². The number of likely N-dealkylation sites (tertiary alicyclic amines) is 1. The topological polar surface area (TPSA) is 128 Å². The molecule has 1 amide bonds. The highest BCUT2D eigenvalue weighted by atomic mass is 16.8. The SMILES string of the molecule is CCNC(=O)[C@H]1O[C@@H](n2cnc3c(NCC(c4ccccc4)c4ccccc4)nc(NCCN4CCCC4)nc32)[C@@H]2OC(C)(C)O[C@@H]21. The second-order valence-electron chi connectivity index (χ2n) is 12.9. The number of imidazole rings is 1. The molecule has 3 aliphatic heterocycles. The minimum atomic E-state index is -0.869. The van der Waals surface area contributed by atoms with Crippen LogP contribution in [-0.2, 0) is 19.0 Å². The lowest BCUT2D eigenvalue weighted by molar-refractivity contribution is -0.197. The first-order chi connectivity index (χ1) is 22.9. The van der Waals surface area contributed by atoms with Crippen molar-refractivity contribution in [3.63, 3.8) is 0 Å². The second-order valence-corrected chi connectivity index (χ2v) is 12.9. The predicted molar refractivity (Wildman–Crippen MR) is 179 cm³/mol. The molecule has 7 rings (SSSR count). The van der Waals surface area contributed by atoms with Gasteiger partial charge in [0.2, 0.25) is 5.95 Å². The third kappa shape index (κ3) is 6.68. The molecule has 3 saturated heterocycles. The number of carbonyl (C=O) groups excluding carboxylic acids is 1. The number of hydrogen-bond acceptors (Lipinski definition) is 10. The number of aromatic nitrogens is 4. The van der Waals surface area contributed by atoms with Gasteiger partial charge in [-0.15, -0.1) is 0 Å². The molecule has 3 aliphatic rings. The summed E-state index contributed by atoms with van der Waals surface area (Å²) in [6.45, 7) is 10.5. The van der Waals surface area contributed by atoms with E-state index in [1.807, 2.05) is 37.5 Å². The van der Waals surface area contributed by atoms with E-state index in [4.69, 9.17) is 29.2 Å². The van der Waals surface area contributed by atoms with Gasteiger partial charge in [0.25, 0.3) is 5.91 Å². The summed E-state index contributed by atoms with van der Waals surface area (Å²) in [5, 5.41) is 9.96. The number of fused-ring (bicyclic) bond motifs is 2. The van der Waals surface area contributed by atoms with Crippen molar-refractivity contribution in [2.75, 3.05) is 49.9 Å². The van der Waals surface area contributed by atoms with Gasteiger partial charge in [0.15, 0.2) is 35.1 Å². The van der Waals surface area contributed by atoms with E-state index in [1.165, 1.54) is 24.0 Å². The summed E-state index contributed by atoms with van der Waals surface area (Å²) in [6, 6.07) is 20.9. The van der Waals surface area contributed by atoms with Gasteiger partial charge in [-0.1, -0.05) is 60.7 Å². The third-order valence-corrected chi connectivity index (χ3v) is 9.12. The van der Waals surface area contributed by atoms with Gasteiger partial charge in [0.1, 0.15) is 12.2 Å². The summed E-state index contributed by atoms with van der Waals surface area (Å²) in [5.41, 5.74) is 3.59. The maximum Gasteiger partial charge on any atom is 0.252 e. The molecule has 2 aromatic heterocycles. The van der Waals surface area contributed by atoms with Crippen LogP contribution in [0.5, 0.6) is 0 Å². The van der Waals surface area contributed by atoms with E-state index in [-0.39, 0.29) is 11.8 Å². The smallest absolute Gasteiger partial charge is 0.252 e. The Kier molecular flexibility index (Phi) is 9.09. The molecular weight excluding hydrogens is 596 g/mol. The van der Waals surface area contributed by atoms with Crippen LogP contribution in [0.3, 0.4) is 0 Å². The lowest BCUT2D eigenvalue weighted by Crippen LogP contribution is -2.42. The largest absolute Gasteiger partial charge is 0.367 e. The van der Waals surface area contributed by atoms with Gasteiger partial charge in [0.05, 0.1) is 6.33 Å². The van der Waals surface area contributed by atoms with Crippen LogP contribution >= 0.6 is 0 Å². The Hall–Kier alpha value is -4.10. The van der Waals surface area contributed by atoms with Crippen LogP contribution in [0.2, 0.25) is 0 Å². The average Bonchev–Trinajstić information content (AvgIpc) is 3.87. The Balaban J connectivity index is 1.22. The average molecular weight is 641 g/mol. The summed E-state index contributed by atoms with van der Waals surface area (Å²) < 4.78 is 20.7. The second kappa shape index (κ2) is 13.6. The van der Waals surface area contributed by atoms with E-state index < -0.39 is 30.3 Å². The normalized spacial score (nSPS) is 23.7. The van der Waals surface area contributed by atoms with Crippen LogP contribution in [0.1, 0.15) is 56.9 Å². The third-order valence-electron chi connectivity index (χ3n) is 9.12. The van der Waals surface area contributed by atoms with Gasteiger partial charge in [-0.05, 0) is 57.8 Å². The van der Waals surface area contributed by atoms with Crippen molar-refractivity contribution in [3.05, 3.63) is 78.1 Å². The highest BCUT2D eigenvalue weighted by molar-refractivity contribution is 5.85. The molecular formula is C35H44N8O4. The predicted octanol–water partition coefficient (Wildman–Crippen LogP) is 4.13. The Morgan fingerprint density at radius 3 is 2.32 bits per heavy atom. The highest BCUT2D eigenvalue weighted by Crippen LogP contribution is 2.44. The summed E-state index contributed by atoms with van der Waals surface area (Å²) in [6.07, 6.45) is 1.55. The number of carbonyl (C=O) groups is 1. The fourth-order valence-corrected chi connectivity index (χ4v) is 6.92. The van der Waals surface area contributed by atoms with Crippen LogP contribution in [0, 0.1) is 0 Å². The monoisotopic (exact) mass is 640 g/mol. The van der Waals surface area contributed by atoms with Crippen molar-refractivity contribution in [1.29, 1.82) is 0 Å². The van der Waals surface area contributed by atoms with Gasteiger partial charge in [-0.3, -0.25) is 9.36 Å². The summed E-state index contributed by atoms with van der Waals surface area (Å²) in [5.74, 6) is 0.0967. The number of nitrogens with zero attached hydrogens (tertiary/aromatic N) is 5. The van der Waals surface area contributed by atoms with E-state index in [0.29, 0.717) is 42.6 Å². The zero-order chi connectivity index (χ0) is 32.4. The molecule has 2 aromatic carbocycles. The van der Waals surface area contributed by atoms with E-state index in [9.17, 15) is 4.79 Å². The quantitative estimate of drug-likeness (QED) is 0.208. The zero-order valence-electron chi connectivity index (χ0n) is 27.3. The van der Waals surface area contributed by atoms with Crippen molar-refractivity contribution < 1.29 is 19.0 Å². The molecule has 4 atom stereocenters. The van der Waals surface area contributed by atoms with Crippen LogP contribution in [0.25, 0.3) is 11.2 Å². The maximum absolute atomic E-state index is 13.0. The molecule has 0 unspecified atom stereocenters. The van der Waals surface area contributed by atoms with Crippen molar-refractivity contribution >= 4 is 28.8 Å². The Bertz CT molecular complexity index is 1620. The maximum atomic E-state index is 13.0. The molecule has 5 heterocycles. The molecule has 0 bridgehead atoms. The fraction of sp³-hybridized carbons (Fsp3) is 0.486. The number of benzene rings is 2. The summed E-state index contributed by atoms with van der Waals surface area (Å²) in [4.78, 5) is 30.2. The van der Waals surface area contributed by atoms with E-state index in [0.717, 1.165) is 19.6 Å². The summed E-state index contributed by atoms with van der Waals surface area (Å²) in [7, 11) is 0. The molecule has 0 spiro atoms. The highest BCUT2D eigenvalue weighted by Gasteiger charge is 2.58. The lowest BCUT2D eigenvalue weighted by atomic mass is 9.91. The van der Waals surface area contributed by atoms with Gasteiger partial charge in [0, 0.05) is 32.1 Å². The number of likely N-dealkylation sites (N-methyl/N-ethyl adjacent to an activating group) is 1. The van der Waals surface area contributed by atoms with Crippen molar-refractivity contribution in [1.82, 2.24) is 29.7 Å². The first-order valence-electron chi connectivity index (χ1n) is 16.7. The standard InChI is InChI=1S/C35H44N8O4/c1-4-36-32(44)28-27-29(47-35(2,3)46-27)33(45-28)43-22-39-26-30(40-34(41-31(26)43)37-17-20-42-18-11-12-19-42)38-21-25(23-13-7-5-8-14-23)24-15-9-6-10-16-24/h5-10,13-16,22,25,27-29,33H,4,11-12,17-21H2,1-3H3,(H,36,44)(H2,37,38,40,41)/t27-,28+,29-,33-/m1/s1. The summed E-state index contributed by atoms with van der Waals surface area (Å²) >= 11 is 0. The first-order valence-corrected chi connectivity index (χ1v) is 16.7. The first kappa shape index (κ1) is 31.5. The molecule has 0 aliphatic carbocycles. The Labute approximate surface area is 275 Å². The molecule has 3 fully saturated rings. The van der Waals surface area contributed by atoms with E-state index in [1.54, 1.807) is 6.33 Å². The molecule has 47 heavy (non-hydrogen) atoms. The van der Waals surface area contributed by atoms with E-state index in [2.05, 4.69) is 69.4 Å². The number of rotatable bonds is 12. The van der Waals surface area contributed by atoms with Crippen molar-refractivity contribution in [2.45, 2.75) is 69.9 Å². The molecule has 12 nitrogen and oxygen atoms in total. The van der Waals surface area contributed by atoms with Crippen LogP contribution < -0.4 is 16.0 Å². The Morgan fingerprint density at radius 2 is 1.64 bits per heavy atom. The van der Waals surface area contributed by atoms with Crippen molar-refractivity contribution in [2.24, 2.45) is 0 Å². The molecule has 0 radical (unpaired) electrons. The van der Waals surface area contributed by atoms with Crippen molar-refractivity contribution in [3.8, 4) is 0 Å². The number of ether oxygens (including phenoxy) is 3. The van der Waals surface area contributed by atoms with Crippen LogP contribution in [0.4, 0.5) is 11.8 Å². The van der Waals surface area contributed by atoms with Gasteiger partial charge >= 0.3 is 0 Å². The minimum Gasteiger partial charge on any atom is -0.367 e. The number of hydrogen-bond donors (Lipinski definition) is 3. The molecule has 3 N–H and O–H groups in total. The van der Waals surface area contributed by atoms with Gasteiger partial charge in [-0.25, -0.2) is 4.98 Å². The van der Waals surface area contributed by atoms with E-state index >= 15 is 0 Å². The lowest BCUT2D eigenvalue weighted by Gasteiger charge is -2.24. The molecule has 12 heteroatoms. The number of nitrogens with one attached hydrogen (secondary N) is 3. The molecule has 248 valence electrons. The van der Waals surface area contributed by atoms with Gasteiger partial charge in [-0.2, -0.15) is 9.97 Å². The molecule has 4 aromatic rings. The zero-order valence-corrected chi connectivity index (χ0v) is 27.3. The molecule has 0 saturated carbocycles. The van der Waals surface area contributed by atoms with Crippen LogP contribution in [-0.4, -0.2) is 93.7 Å². The minimum absolute atomic E-state index is 0.0825.